The van der Waals surface area contributed by atoms with Crippen LogP contribution in [0.3, 0.4) is 0 Å². The quantitative estimate of drug-likeness (QED) is 0.385. The second-order valence-electron chi connectivity index (χ2n) is 5.49. The van der Waals surface area contributed by atoms with Gasteiger partial charge in [-0.15, -0.1) is 0 Å². The van der Waals surface area contributed by atoms with Gasteiger partial charge in [0.15, 0.2) is 5.11 Å². The predicted molar refractivity (Wildman–Crippen MR) is 95.4 cm³/mol. The zero-order chi connectivity index (χ0) is 18.1. The van der Waals surface area contributed by atoms with E-state index < -0.39 is 17.8 Å². The number of nitrogens with one attached hydrogen (secondary N) is 1. The van der Waals surface area contributed by atoms with Crippen molar-refractivity contribution < 1.29 is 19.1 Å². The van der Waals surface area contributed by atoms with Crippen molar-refractivity contribution in [3.8, 4) is 0 Å². The Morgan fingerprint density at radius 1 is 1.32 bits per heavy atom. The number of aromatic nitrogens is 1. The van der Waals surface area contributed by atoms with Crippen LogP contribution in [0.25, 0.3) is 17.0 Å². The minimum atomic E-state index is -0.544. The van der Waals surface area contributed by atoms with E-state index in [1.807, 2.05) is 24.3 Å². The summed E-state index contributed by atoms with van der Waals surface area (Å²) in [6.07, 6.45) is 3.22. The Balaban J connectivity index is 2.10. The number of benzene rings is 1. The monoisotopic (exact) mass is 357 g/mol. The van der Waals surface area contributed by atoms with Crippen molar-refractivity contribution in [2.75, 3.05) is 14.2 Å². The van der Waals surface area contributed by atoms with Crippen LogP contribution in [0.1, 0.15) is 5.56 Å². The molecule has 0 spiro atoms. The lowest BCUT2D eigenvalue weighted by Crippen LogP contribution is -2.52. The van der Waals surface area contributed by atoms with Crippen LogP contribution in [0.2, 0.25) is 0 Å². The fourth-order valence-corrected chi connectivity index (χ4v) is 2.80. The fourth-order valence-electron chi connectivity index (χ4n) is 2.63. The number of nitrogens with zero attached hydrogens (tertiary/aromatic N) is 2. The van der Waals surface area contributed by atoms with Gasteiger partial charge in [0.1, 0.15) is 12.1 Å². The summed E-state index contributed by atoms with van der Waals surface area (Å²) in [7, 11) is 2.82. The van der Waals surface area contributed by atoms with Crippen molar-refractivity contribution in [1.29, 1.82) is 0 Å². The third kappa shape index (κ3) is 3.03. The largest absolute Gasteiger partial charge is 0.468 e. The second kappa shape index (κ2) is 6.48. The highest BCUT2D eigenvalue weighted by molar-refractivity contribution is 7.80. The van der Waals surface area contributed by atoms with Crippen molar-refractivity contribution in [1.82, 2.24) is 14.8 Å². The van der Waals surface area contributed by atoms with Crippen molar-refractivity contribution in [2.24, 2.45) is 0 Å². The maximum atomic E-state index is 12.3. The zero-order valence-electron chi connectivity index (χ0n) is 13.6. The van der Waals surface area contributed by atoms with Gasteiger partial charge < -0.3 is 9.30 Å². The minimum absolute atomic E-state index is 0.0166. The molecule has 1 aliphatic rings. The van der Waals surface area contributed by atoms with Gasteiger partial charge in [0, 0.05) is 29.7 Å². The number of rotatable bonds is 3. The Labute approximate surface area is 148 Å². The molecule has 2 amide bonds. The van der Waals surface area contributed by atoms with E-state index in [1.54, 1.807) is 10.8 Å². The molecule has 0 unspecified atom stereocenters. The number of carbonyl (C=O) groups excluding carboxylic acids is 3. The van der Waals surface area contributed by atoms with Gasteiger partial charge in [-0.2, -0.15) is 0 Å². The topological polar surface area (TPSA) is 80.6 Å². The van der Waals surface area contributed by atoms with E-state index in [0.717, 1.165) is 10.9 Å². The lowest BCUT2D eigenvalue weighted by Gasteiger charge is -2.24. The Kier molecular flexibility index (Phi) is 4.37. The maximum absolute atomic E-state index is 12.3. The molecule has 1 aromatic heterocycles. The molecular weight excluding hydrogens is 342 g/mol. The normalized spacial score (nSPS) is 16.5. The molecule has 128 valence electrons. The third-order valence-electron chi connectivity index (χ3n) is 3.95. The number of hydrogen-bond acceptors (Lipinski definition) is 5. The molecule has 1 N–H and O–H groups in total. The van der Waals surface area contributed by atoms with Crippen LogP contribution in [-0.4, -0.2) is 46.5 Å². The minimum Gasteiger partial charge on any atom is -0.468 e. The van der Waals surface area contributed by atoms with Gasteiger partial charge in [-0.05, 0) is 24.4 Å². The average molecular weight is 357 g/mol. The number of esters is 1. The van der Waals surface area contributed by atoms with Gasteiger partial charge in [-0.3, -0.25) is 24.6 Å². The standard InChI is InChI=1S/C17H15N3O4S/c1-19-16(23)12(15(22)18-17(19)25)7-10-8-20(9-14(21)24-2)13-6-4-3-5-11(10)13/h3-8H,9H2,1-2H3,(H,18,22,25)/b12-7+. The molecule has 1 aromatic carbocycles. The van der Waals surface area contributed by atoms with Gasteiger partial charge in [0.05, 0.1) is 7.11 Å². The highest BCUT2D eigenvalue weighted by Gasteiger charge is 2.31. The molecule has 2 heterocycles. The highest BCUT2D eigenvalue weighted by atomic mass is 32.1. The molecule has 0 bridgehead atoms. The van der Waals surface area contributed by atoms with E-state index >= 15 is 0 Å². The number of methoxy groups -OCH3 is 1. The fraction of sp³-hybridized carbons (Fsp3) is 0.176. The number of thiocarbonyl (C=S) groups is 1. The van der Waals surface area contributed by atoms with Crippen LogP contribution in [0.15, 0.2) is 36.0 Å². The summed E-state index contributed by atoms with van der Waals surface area (Å²) >= 11 is 4.93. The third-order valence-corrected chi connectivity index (χ3v) is 4.33. The summed E-state index contributed by atoms with van der Waals surface area (Å²) in [6, 6.07) is 7.40. The molecule has 7 nitrogen and oxygen atoms in total. The first kappa shape index (κ1) is 16.8. The Morgan fingerprint density at radius 2 is 2.04 bits per heavy atom. The van der Waals surface area contributed by atoms with Gasteiger partial charge >= 0.3 is 5.97 Å². The number of ether oxygens (including phenoxy) is 1. The molecule has 1 fully saturated rings. The van der Waals surface area contributed by atoms with E-state index in [9.17, 15) is 14.4 Å². The van der Waals surface area contributed by atoms with Crippen LogP contribution in [0, 0.1) is 0 Å². The summed E-state index contributed by atoms with van der Waals surface area (Å²) in [4.78, 5) is 37.3. The van der Waals surface area contributed by atoms with Gasteiger partial charge in [-0.25, -0.2) is 0 Å². The number of para-hydroxylation sites is 1. The van der Waals surface area contributed by atoms with Gasteiger partial charge in [0.2, 0.25) is 0 Å². The molecule has 0 radical (unpaired) electrons. The number of fused-ring (bicyclic) bond motifs is 1. The molecule has 0 atom stereocenters. The predicted octanol–water partition coefficient (Wildman–Crippen LogP) is 1.07. The molecule has 1 saturated heterocycles. The van der Waals surface area contributed by atoms with Crippen molar-refractivity contribution in [2.45, 2.75) is 6.54 Å². The summed E-state index contributed by atoms with van der Waals surface area (Å²) < 4.78 is 6.42. The lowest BCUT2D eigenvalue weighted by molar-refractivity contribution is -0.141. The first-order valence-electron chi connectivity index (χ1n) is 7.42. The number of hydrogen-bond donors (Lipinski definition) is 1. The van der Waals surface area contributed by atoms with Crippen LogP contribution >= 0.6 is 12.2 Å². The van der Waals surface area contributed by atoms with E-state index in [2.05, 4.69) is 5.32 Å². The molecule has 3 rings (SSSR count). The van der Waals surface area contributed by atoms with E-state index in [-0.39, 0.29) is 17.2 Å². The maximum Gasteiger partial charge on any atom is 0.325 e. The first-order chi connectivity index (χ1) is 11.9. The second-order valence-corrected chi connectivity index (χ2v) is 5.87. The van der Waals surface area contributed by atoms with E-state index in [4.69, 9.17) is 17.0 Å². The molecule has 1 aliphatic heterocycles. The summed E-state index contributed by atoms with van der Waals surface area (Å²) in [5, 5.41) is 3.36. The van der Waals surface area contributed by atoms with Crippen LogP contribution in [0.5, 0.6) is 0 Å². The van der Waals surface area contributed by atoms with E-state index in [0.29, 0.717) is 5.56 Å². The Morgan fingerprint density at radius 3 is 2.76 bits per heavy atom. The van der Waals surface area contributed by atoms with Crippen LogP contribution in [-0.2, 0) is 25.7 Å². The van der Waals surface area contributed by atoms with Crippen molar-refractivity contribution in [3.05, 3.63) is 41.6 Å². The number of amides is 2. The molecule has 0 saturated carbocycles. The molecule has 8 heteroatoms. The number of likely N-dealkylation sites (N-methyl/N-ethyl adjacent to an activating group) is 1. The zero-order valence-corrected chi connectivity index (χ0v) is 14.4. The summed E-state index contributed by atoms with van der Waals surface area (Å²) in [6.45, 7) is 0.0321. The van der Waals surface area contributed by atoms with Crippen molar-refractivity contribution >= 4 is 52.1 Å². The first-order valence-corrected chi connectivity index (χ1v) is 7.83. The molecule has 2 aromatic rings. The van der Waals surface area contributed by atoms with Crippen molar-refractivity contribution in [3.63, 3.8) is 0 Å². The summed E-state index contributed by atoms with van der Waals surface area (Å²) in [5.41, 5.74) is 1.43. The Bertz CT molecular complexity index is 945. The van der Waals surface area contributed by atoms with Crippen LogP contribution < -0.4 is 5.32 Å². The van der Waals surface area contributed by atoms with Crippen LogP contribution in [0.4, 0.5) is 0 Å². The van der Waals surface area contributed by atoms with Gasteiger partial charge in [-0.1, -0.05) is 18.2 Å². The van der Waals surface area contributed by atoms with E-state index in [1.165, 1.54) is 25.1 Å². The SMILES string of the molecule is COC(=O)Cn1cc(/C=C2\C(=O)NC(=S)N(C)C2=O)c2ccccc21. The molecule has 0 aliphatic carbocycles. The average Bonchev–Trinajstić information content (AvgIpc) is 2.94. The molecular formula is C17H15N3O4S. The number of carbonyl (C=O) groups is 3. The Hall–Kier alpha value is -3.00. The highest BCUT2D eigenvalue weighted by Crippen LogP contribution is 2.24. The molecule has 25 heavy (non-hydrogen) atoms. The van der Waals surface area contributed by atoms with Gasteiger partial charge in [0.25, 0.3) is 11.8 Å². The smallest absolute Gasteiger partial charge is 0.325 e. The summed E-state index contributed by atoms with van der Waals surface area (Å²) in [5.74, 6) is -1.41. The lowest BCUT2D eigenvalue weighted by atomic mass is 10.1.